The number of aromatic hydroxyl groups is 1. The van der Waals surface area contributed by atoms with E-state index in [1.54, 1.807) is 21.6 Å². The van der Waals surface area contributed by atoms with Gasteiger partial charge in [0.1, 0.15) is 11.4 Å². The van der Waals surface area contributed by atoms with Crippen molar-refractivity contribution in [3.05, 3.63) is 64.6 Å². The molecule has 5 nitrogen and oxygen atoms in total. The maximum absolute atomic E-state index is 13.2. The molecule has 1 saturated heterocycles. The van der Waals surface area contributed by atoms with E-state index in [2.05, 4.69) is 6.07 Å². The standard InChI is InChI=1S/C26H30ClFN2O3/c1-26(2,3)33-25(32)29-10-8-17(9-11-29)12-19-13-20-16-30(24(31)23(20)22(27)14-19)15-18-4-6-21(28)7-5-18/h4-7,13-14,16-17,31H,8-12,15H2,1-3H3. The van der Waals surface area contributed by atoms with Crippen molar-refractivity contribution < 1.29 is 19.0 Å². The predicted octanol–water partition coefficient (Wildman–Crippen LogP) is 6.38. The molecule has 1 aliphatic rings. The van der Waals surface area contributed by atoms with Crippen LogP contribution in [-0.4, -0.2) is 39.4 Å². The fourth-order valence-corrected chi connectivity index (χ4v) is 4.73. The number of fused-ring (bicyclic) bond motifs is 1. The molecule has 0 bridgehead atoms. The molecule has 0 spiro atoms. The first-order valence-corrected chi connectivity index (χ1v) is 11.7. The first-order chi connectivity index (χ1) is 15.6. The molecular formula is C26H30ClFN2O3. The molecule has 4 rings (SSSR count). The van der Waals surface area contributed by atoms with Gasteiger partial charge in [-0.1, -0.05) is 23.7 Å². The maximum atomic E-state index is 13.2. The summed E-state index contributed by atoms with van der Waals surface area (Å²) in [6.07, 6.45) is 4.32. The van der Waals surface area contributed by atoms with E-state index in [0.29, 0.717) is 36.0 Å². The topological polar surface area (TPSA) is 54.7 Å². The highest BCUT2D eigenvalue weighted by atomic mass is 35.5. The van der Waals surface area contributed by atoms with Gasteiger partial charge in [-0.05, 0) is 81.3 Å². The van der Waals surface area contributed by atoms with Gasteiger partial charge in [-0.15, -0.1) is 0 Å². The van der Waals surface area contributed by atoms with Gasteiger partial charge in [0.15, 0.2) is 0 Å². The number of benzene rings is 2. The van der Waals surface area contributed by atoms with Crippen LogP contribution in [-0.2, 0) is 17.7 Å². The second kappa shape index (κ2) is 9.26. The fraction of sp³-hybridized carbons (Fsp3) is 0.423. The zero-order chi connectivity index (χ0) is 23.8. The molecule has 2 aromatic carbocycles. The lowest BCUT2D eigenvalue weighted by Gasteiger charge is -2.33. The summed E-state index contributed by atoms with van der Waals surface area (Å²) in [5.41, 5.74) is 1.51. The molecule has 1 aromatic heterocycles. The fourth-order valence-electron chi connectivity index (χ4n) is 4.40. The third-order valence-corrected chi connectivity index (χ3v) is 6.33. The zero-order valence-corrected chi connectivity index (χ0v) is 20.0. The quantitative estimate of drug-likeness (QED) is 0.479. The van der Waals surface area contributed by atoms with E-state index in [9.17, 15) is 14.3 Å². The lowest BCUT2D eigenvalue weighted by Crippen LogP contribution is -2.42. The number of aromatic nitrogens is 1. The average molecular weight is 473 g/mol. The van der Waals surface area contributed by atoms with Crippen LogP contribution in [0.5, 0.6) is 5.88 Å². The van der Waals surface area contributed by atoms with Gasteiger partial charge in [0, 0.05) is 24.7 Å². The first-order valence-electron chi connectivity index (χ1n) is 11.3. The minimum atomic E-state index is -0.487. The minimum Gasteiger partial charge on any atom is -0.494 e. The highest BCUT2D eigenvalue weighted by Gasteiger charge is 2.27. The Balaban J connectivity index is 1.44. The molecule has 1 aliphatic heterocycles. The number of hydrogen-bond donors (Lipinski definition) is 1. The highest BCUT2D eigenvalue weighted by Crippen LogP contribution is 2.36. The number of amides is 1. The Morgan fingerprint density at radius 2 is 1.82 bits per heavy atom. The molecule has 1 fully saturated rings. The van der Waals surface area contributed by atoms with Crippen molar-refractivity contribution in [2.24, 2.45) is 5.92 Å². The number of rotatable bonds is 4. The van der Waals surface area contributed by atoms with Crippen LogP contribution in [0.1, 0.15) is 44.7 Å². The van der Waals surface area contributed by atoms with Crippen LogP contribution in [0.3, 0.4) is 0 Å². The highest BCUT2D eigenvalue weighted by molar-refractivity contribution is 6.36. The van der Waals surface area contributed by atoms with Crippen LogP contribution in [0.25, 0.3) is 10.8 Å². The van der Waals surface area contributed by atoms with Gasteiger partial charge >= 0.3 is 6.09 Å². The molecule has 1 amide bonds. The summed E-state index contributed by atoms with van der Waals surface area (Å²) in [5.74, 6) is 0.272. The predicted molar refractivity (Wildman–Crippen MR) is 128 cm³/mol. The Hall–Kier alpha value is -2.73. The van der Waals surface area contributed by atoms with E-state index >= 15 is 0 Å². The Kier molecular flexibility index (Phi) is 6.57. The number of carbonyl (C=O) groups excluding carboxylic acids is 1. The molecule has 2 heterocycles. The minimum absolute atomic E-state index is 0.108. The normalized spacial score (nSPS) is 15.2. The van der Waals surface area contributed by atoms with Crippen LogP contribution in [0.2, 0.25) is 5.02 Å². The maximum Gasteiger partial charge on any atom is 0.410 e. The van der Waals surface area contributed by atoms with Crippen molar-refractivity contribution in [1.82, 2.24) is 9.47 Å². The van der Waals surface area contributed by atoms with Gasteiger partial charge in [-0.25, -0.2) is 9.18 Å². The third kappa shape index (κ3) is 5.61. The summed E-state index contributed by atoms with van der Waals surface area (Å²) in [6.45, 7) is 7.43. The SMILES string of the molecule is CC(C)(C)OC(=O)N1CCC(Cc2cc(Cl)c3c(O)n(Cc4ccc(F)cc4)cc3c2)CC1. The van der Waals surface area contributed by atoms with Gasteiger partial charge in [0.25, 0.3) is 0 Å². The number of ether oxygens (including phenoxy) is 1. The summed E-state index contributed by atoms with van der Waals surface area (Å²) in [4.78, 5) is 14.1. The van der Waals surface area contributed by atoms with Crippen LogP contribution in [0, 0.1) is 11.7 Å². The summed E-state index contributed by atoms with van der Waals surface area (Å²) in [7, 11) is 0. The lowest BCUT2D eigenvalue weighted by molar-refractivity contribution is 0.0184. The van der Waals surface area contributed by atoms with E-state index in [-0.39, 0.29) is 17.8 Å². The van der Waals surface area contributed by atoms with Crippen LogP contribution in [0.15, 0.2) is 42.6 Å². The van der Waals surface area contributed by atoms with Crippen LogP contribution >= 0.6 is 11.6 Å². The van der Waals surface area contributed by atoms with Crippen molar-refractivity contribution in [2.45, 2.75) is 52.2 Å². The summed E-state index contributed by atoms with van der Waals surface area (Å²) in [5, 5.41) is 12.7. The summed E-state index contributed by atoms with van der Waals surface area (Å²) in [6, 6.07) is 10.2. The molecule has 1 N–H and O–H groups in total. The van der Waals surface area contributed by atoms with Crippen molar-refractivity contribution >= 4 is 28.5 Å². The number of halogens is 2. The molecule has 0 atom stereocenters. The molecular weight excluding hydrogens is 443 g/mol. The smallest absolute Gasteiger partial charge is 0.410 e. The molecule has 0 unspecified atom stereocenters. The third-order valence-electron chi connectivity index (χ3n) is 6.03. The number of hydrogen-bond acceptors (Lipinski definition) is 3. The molecule has 7 heteroatoms. The lowest BCUT2D eigenvalue weighted by atomic mass is 9.90. The Morgan fingerprint density at radius 3 is 2.45 bits per heavy atom. The van der Waals surface area contributed by atoms with Crippen molar-refractivity contribution in [1.29, 1.82) is 0 Å². The Bertz CT molecular complexity index is 1140. The van der Waals surface area contributed by atoms with Gasteiger partial charge < -0.3 is 19.3 Å². The van der Waals surface area contributed by atoms with Crippen LogP contribution in [0.4, 0.5) is 9.18 Å². The molecule has 0 saturated carbocycles. The van der Waals surface area contributed by atoms with Gasteiger partial charge in [-0.3, -0.25) is 0 Å². The van der Waals surface area contributed by atoms with E-state index in [4.69, 9.17) is 16.3 Å². The average Bonchev–Trinajstić information content (AvgIpc) is 3.04. The van der Waals surface area contributed by atoms with E-state index in [0.717, 1.165) is 35.8 Å². The van der Waals surface area contributed by atoms with Gasteiger partial charge in [-0.2, -0.15) is 0 Å². The van der Waals surface area contributed by atoms with Crippen LogP contribution < -0.4 is 0 Å². The van der Waals surface area contributed by atoms with Gasteiger partial charge in [0.2, 0.25) is 5.88 Å². The van der Waals surface area contributed by atoms with Crippen molar-refractivity contribution in [3.63, 3.8) is 0 Å². The second-order valence-electron chi connectivity index (χ2n) is 9.86. The Morgan fingerprint density at radius 1 is 1.15 bits per heavy atom. The molecule has 3 aromatic rings. The number of likely N-dealkylation sites (tertiary alicyclic amines) is 1. The molecule has 0 aliphatic carbocycles. The Labute approximate surface area is 198 Å². The molecule has 33 heavy (non-hydrogen) atoms. The second-order valence-corrected chi connectivity index (χ2v) is 10.3. The monoisotopic (exact) mass is 472 g/mol. The summed E-state index contributed by atoms with van der Waals surface area (Å²) >= 11 is 6.56. The van der Waals surface area contributed by atoms with Crippen molar-refractivity contribution in [2.75, 3.05) is 13.1 Å². The number of nitrogens with zero attached hydrogens (tertiary/aromatic N) is 2. The molecule has 176 valence electrons. The number of piperidine rings is 1. The number of carbonyl (C=O) groups is 1. The molecule has 0 radical (unpaired) electrons. The summed E-state index contributed by atoms with van der Waals surface area (Å²) < 4.78 is 20.4. The zero-order valence-electron chi connectivity index (χ0n) is 19.3. The van der Waals surface area contributed by atoms with Crippen molar-refractivity contribution in [3.8, 4) is 5.88 Å². The largest absolute Gasteiger partial charge is 0.494 e. The van der Waals surface area contributed by atoms with E-state index < -0.39 is 5.60 Å². The van der Waals surface area contributed by atoms with E-state index in [1.807, 2.05) is 33.0 Å². The first kappa shape index (κ1) is 23.4. The van der Waals surface area contributed by atoms with E-state index in [1.165, 1.54) is 12.1 Å². The van der Waals surface area contributed by atoms with Gasteiger partial charge in [0.05, 0.1) is 17.0 Å².